The van der Waals surface area contributed by atoms with Crippen molar-refractivity contribution in [3.63, 3.8) is 0 Å². The van der Waals surface area contributed by atoms with E-state index >= 15 is 0 Å². The topological polar surface area (TPSA) is 21.3 Å². The summed E-state index contributed by atoms with van der Waals surface area (Å²) in [6, 6.07) is 5.95. The van der Waals surface area contributed by atoms with Gasteiger partial charge in [-0.1, -0.05) is 6.07 Å². The molecule has 3 rings (SSSR count). The molecule has 2 unspecified atom stereocenters. The molecule has 1 saturated carbocycles. The van der Waals surface area contributed by atoms with Crippen LogP contribution in [0, 0.1) is 11.7 Å². The monoisotopic (exact) mass is 327 g/mol. The van der Waals surface area contributed by atoms with Gasteiger partial charge >= 0.3 is 0 Å². The van der Waals surface area contributed by atoms with Crippen molar-refractivity contribution in [2.45, 2.75) is 37.8 Å². The van der Waals surface area contributed by atoms with E-state index in [1.54, 1.807) is 0 Å². The zero-order chi connectivity index (χ0) is 13.2. The van der Waals surface area contributed by atoms with Crippen LogP contribution in [0.3, 0.4) is 0 Å². The zero-order valence-electron chi connectivity index (χ0n) is 10.9. The first-order valence-electron chi connectivity index (χ1n) is 7.04. The molecule has 2 fully saturated rings. The number of rotatable bonds is 4. The summed E-state index contributed by atoms with van der Waals surface area (Å²) in [4.78, 5) is 0. The summed E-state index contributed by atoms with van der Waals surface area (Å²) < 4.78 is 19.8. The number of ether oxygens (including phenoxy) is 1. The molecule has 2 aliphatic rings. The Bertz CT molecular complexity index is 450. The molecule has 19 heavy (non-hydrogen) atoms. The summed E-state index contributed by atoms with van der Waals surface area (Å²) in [5.41, 5.74) is 1.08. The molecule has 0 bridgehead atoms. The normalized spacial score (nSPS) is 27.5. The highest BCUT2D eigenvalue weighted by molar-refractivity contribution is 9.10. The van der Waals surface area contributed by atoms with E-state index < -0.39 is 0 Å². The third-order valence-electron chi connectivity index (χ3n) is 3.96. The van der Waals surface area contributed by atoms with E-state index in [0.717, 1.165) is 31.2 Å². The van der Waals surface area contributed by atoms with Crippen LogP contribution in [0.25, 0.3) is 0 Å². The molecule has 1 aliphatic heterocycles. The Morgan fingerprint density at radius 1 is 1.32 bits per heavy atom. The van der Waals surface area contributed by atoms with Crippen LogP contribution < -0.4 is 5.32 Å². The van der Waals surface area contributed by atoms with Gasteiger partial charge in [0.25, 0.3) is 0 Å². The van der Waals surface area contributed by atoms with Crippen molar-refractivity contribution in [1.29, 1.82) is 0 Å². The molecule has 1 aromatic rings. The van der Waals surface area contributed by atoms with Crippen LogP contribution in [-0.2, 0) is 4.74 Å². The van der Waals surface area contributed by atoms with E-state index in [-0.39, 0.29) is 11.9 Å². The molecule has 1 saturated heterocycles. The number of hydrogen-bond donors (Lipinski definition) is 1. The first kappa shape index (κ1) is 13.5. The van der Waals surface area contributed by atoms with Gasteiger partial charge in [0.1, 0.15) is 5.82 Å². The van der Waals surface area contributed by atoms with Gasteiger partial charge in [0.15, 0.2) is 0 Å². The molecule has 0 radical (unpaired) electrons. The number of halogens is 2. The van der Waals surface area contributed by atoms with Crippen molar-refractivity contribution in [1.82, 2.24) is 5.32 Å². The highest BCUT2D eigenvalue weighted by atomic mass is 79.9. The van der Waals surface area contributed by atoms with E-state index in [4.69, 9.17) is 4.74 Å². The molecular formula is C15H19BrFNO. The van der Waals surface area contributed by atoms with Crippen molar-refractivity contribution >= 4 is 15.9 Å². The minimum Gasteiger partial charge on any atom is -0.373 e. The third kappa shape index (κ3) is 3.36. The summed E-state index contributed by atoms with van der Waals surface area (Å²) in [7, 11) is 0. The number of benzene rings is 1. The van der Waals surface area contributed by atoms with E-state index in [9.17, 15) is 4.39 Å². The van der Waals surface area contributed by atoms with Gasteiger partial charge in [0.05, 0.1) is 10.6 Å². The SMILES string of the molecule is Fc1ccc(C2OCCCC2CNC2CC2)cc1Br. The van der Waals surface area contributed by atoms with Gasteiger partial charge in [-0.25, -0.2) is 4.39 Å². The lowest BCUT2D eigenvalue weighted by molar-refractivity contribution is -0.0279. The second-order valence-electron chi connectivity index (χ2n) is 5.55. The van der Waals surface area contributed by atoms with E-state index in [1.165, 1.54) is 25.3 Å². The quantitative estimate of drug-likeness (QED) is 0.908. The van der Waals surface area contributed by atoms with Crippen LogP contribution in [0.15, 0.2) is 22.7 Å². The van der Waals surface area contributed by atoms with E-state index in [2.05, 4.69) is 21.2 Å². The van der Waals surface area contributed by atoms with Crippen LogP contribution in [-0.4, -0.2) is 19.2 Å². The largest absolute Gasteiger partial charge is 0.373 e. The zero-order valence-corrected chi connectivity index (χ0v) is 12.5. The summed E-state index contributed by atoms with van der Waals surface area (Å²) in [5.74, 6) is 0.277. The van der Waals surface area contributed by atoms with Gasteiger partial charge in [-0.05, 0) is 59.3 Å². The summed E-state index contributed by atoms with van der Waals surface area (Å²) in [5, 5.41) is 3.59. The van der Waals surface area contributed by atoms with Crippen molar-refractivity contribution in [3.8, 4) is 0 Å². The Morgan fingerprint density at radius 3 is 2.89 bits per heavy atom. The molecule has 0 spiro atoms. The molecule has 0 aromatic heterocycles. The van der Waals surface area contributed by atoms with Gasteiger partial charge in [0, 0.05) is 25.1 Å². The second kappa shape index (κ2) is 5.90. The summed E-state index contributed by atoms with van der Waals surface area (Å²) in [6.45, 7) is 1.81. The Morgan fingerprint density at radius 2 is 2.16 bits per heavy atom. The predicted octanol–water partition coefficient (Wildman–Crippen LogP) is 3.81. The molecular weight excluding hydrogens is 309 g/mol. The highest BCUT2D eigenvalue weighted by Gasteiger charge is 2.30. The van der Waals surface area contributed by atoms with Gasteiger partial charge in [0.2, 0.25) is 0 Å². The van der Waals surface area contributed by atoms with Crippen LogP contribution in [0.2, 0.25) is 0 Å². The van der Waals surface area contributed by atoms with Crippen LogP contribution in [0.4, 0.5) is 4.39 Å². The van der Waals surface area contributed by atoms with Crippen molar-refractivity contribution < 1.29 is 9.13 Å². The van der Waals surface area contributed by atoms with E-state index in [1.807, 2.05) is 12.1 Å². The van der Waals surface area contributed by atoms with Gasteiger partial charge in [-0.15, -0.1) is 0 Å². The fraction of sp³-hybridized carbons (Fsp3) is 0.600. The smallest absolute Gasteiger partial charge is 0.137 e. The third-order valence-corrected chi connectivity index (χ3v) is 4.57. The molecule has 1 heterocycles. The Labute approximate surface area is 121 Å². The fourth-order valence-electron chi connectivity index (χ4n) is 2.72. The molecule has 1 aliphatic carbocycles. The highest BCUT2D eigenvalue weighted by Crippen LogP contribution is 2.35. The van der Waals surface area contributed by atoms with Crippen LogP contribution in [0.5, 0.6) is 0 Å². The molecule has 2 atom stereocenters. The average Bonchev–Trinajstić information content (AvgIpc) is 3.24. The first-order valence-corrected chi connectivity index (χ1v) is 7.83. The summed E-state index contributed by atoms with van der Waals surface area (Å²) >= 11 is 3.26. The molecule has 1 aromatic carbocycles. The fourth-order valence-corrected chi connectivity index (χ4v) is 3.11. The van der Waals surface area contributed by atoms with Crippen molar-refractivity contribution in [3.05, 3.63) is 34.1 Å². The lowest BCUT2D eigenvalue weighted by Gasteiger charge is -2.32. The maximum Gasteiger partial charge on any atom is 0.137 e. The average molecular weight is 328 g/mol. The molecule has 4 heteroatoms. The second-order valence-corrected chi connectivity index (χ2v) is 6.40. The molecule has 0 amide bonds. The molecule has 1 N–H and O–H groups in total. The predicted molar refractivity (Wildman–Crippen MR) is 76.5 cm³/mol. The summed E-state index contributed by atoms with van der Waals surface area (Å²) in [6.07, 6.45) is 5.01. The maximum atomic E-state index is 13.3. The van der Waals surface area contributed by atoms with Crippen molar-refractivity contribution in [2.24, 2.45) is 5.92 Å². The van der Waals surface area contributed by atoms with Gasteiger partial charge in [-0.2, -0.15) is 0 Å². The van der Waals surface area contributed by atoms with Crippen LogP contribution in [0.1, 0.15) is 37.4 Å². The Balaban J connectivity index is 1.72. The lowest BCUT2D eigenvalue weighted by atomic mass is 9.89. The van der Waals surface area contributed by atoms with Gasteiger partial charge < -0.3 is 10.1 Å². The number of nitrogens with one attached hydrogen (secondary N) is 1. The Hall–Kier alpha value is -0.450. The Kier molecular flexibility index (Phi) is 4.20. The lowest BCUT2D eigenvalue weighted by Crippen LogP contribution is -2.32. The van der Waals surface area contributed by atoms with Gasteiger partial charge in [-0.3, -0.25) is 0 Å². The number of hydrogen-bond acceptors (Lipinski definition) is 2. The molecule has 104 valence electrons. The van der Waals surface area contributed by atoms with Crippen LogP contribution >= 0.6 is 15.9 Å². The first-order chi connectivity index (χ1) is 9.24. The van der Waals surface area contributed by atoms with E-state index in [0.29, 0.717) is 10.4 Å². The minimum atomic E-state index is -0.216. The maximum absolute atomic E-state index is 13.3. The minimum absolute atomic E-state index is 0.0944. The van der Waals surface area contributed by atoms with Crippen molar-refractivity contribution in [2.75, 3.05) is 13.2 Å². The standard InChI is InChI=1S/C15H19BrFNO/c16-13-8-10(3-6-14(13)17)15-11(2-1-7-19-15)9-18-12-4-5-12/h3,6,8,11-12,15,18H,1-2,4-5,7,9H2. The molecule has 2 nitrogen and oxygen atoms in total.